The molecule has 11 nitrogen and oxygen atoms in total. The predicted molar refractivity (Wildman–Crippen MR) is 143 cm³/mol. The van der Waals surface area contributed by atoms with Crippen molar-refractivity contribution >= 4 is 23.4 Å². The number of nitrogens with one attached hydrogen (secondary N) is 1. The van der Waals surface area contributed by atoms with Gasteiger partial charge >= 0.3 is 6.18 Å². The van der Waals surface area contributed by atoms with E-state index in [0.29, 0.717) is 49.8 Å². The Balaban J connectivity index is 1.20. The number of aromatic nitrogens is 5. The Bertz CT molecular complexity index is 1490. The smallest absolute Gasteiger partial charge is 0.421 e. The maximum Gasteiger partial charge on any atom is 0.435 e. The third-order valence-corrected chi connectivity index (χ3v) is 8.02. The zero-order valence-corrected chi connectivity index (χ0v) is 23.0. The van der Waals surface area contributed by atoms with E-state index in [1.54, 1.807) is 49.0 Å². The van der Waals surface area contributed by atoms with Gasteiger partial charge in [-0.05, 0) is 51.0 Å². The molecule has 0 spiro atoms. The average molecular weight is 573 g/mol. The number of aryl methyl sites for hydroxylation is 2. The molecule has 41 heavy (non-hydrogen) atoms. The Hall–Kier alpha value is -3.94. The van der Waals surface area contributed by atoms with E-state index in [2.05, 4.69) is 25.4 Å². The molecule has 0 bridgehead atoms. The Kier molecular flexibility index (Phi) is 6.55. The number of amides is 1. The largest absolute Gasteiger partial charge is 0.435 e. The Morgan fingerprint density at radius 2 is 2.02 bits per heavy atom. The molecule has 0 radical (unpaired) electrons. The van der Waals surface area contributed by atoms with Gasteiger partial charge in [0.25, 0.3) is 5.91 Å². The molecule has 0 aromatic carbocycles. The molecule has 0 saturated heterocycles. The normalized spacial score (nSPS) is 20.3. The van der Waals surface area contributed by atoms with Gasteiger partial charge in [-0.15, -0.1) is 0 Å². The van der Waals surface area contributed by atoms with Gasteiger partial charge in [-0.3, -0.25) is 4.79 Å². The lowest BCUT2D eigenvalue weighted by Gasteiger charge is -2.47. The molecule has 218 valence electrons. The van der Waals surface area contributed by atoms with Crippen molar-refractivity contribution in [3.63, 3.8) is 0 Å². The van der Waals surface area contributed by atoms with Crippen LogP contribution in [0.3, 0.4) is 0 Å². The standard InChI is InChI=1S/C27H31F3N8O3/c1-4-38-23(19(16-8-9-16)21(35-38)27(28,29)30)41-18-10-7-15(12-31-18)13-32-25-33-17-6-5-11-37-20(17)22(34-25)36(3)26(2,14-39)24(37)40/h7,10,12,16,39H,4-6,8-9,11,13-14H2,1-3H3,(H,32,33,34)/t26-/m0/s1. The zero-order chi connectivity index (χ0) is 29.1. The fourth-order valence-corrected chi connectivity index (χ4v) is 5.40. The summed E-state index contributed by atoms with van der Waals surface area (Å²) in [5.74, 6) is 0.823. The Morgan fingerprint density at radius 1 is 1.24 bits per heavy atom. The van der Waals surface area contributed by atoms with E-state index >= 15 is 0 Å². The molecule has 1 fully saturated rings. The molecular weight excluding hydrogens is 541 g/mol. The van der Waals surface area contributed by atoms with E-state index < -0.39 is 17.4 Å². The van der Waals surface area contributed by atoms with Crippen molar-refractivity contribution in [2.75, 3.05) is 35.3 Å². The second-order valence-electron chi connectivity index (χ2n) is 10.8. The number of alkyl halides is 3. The second-order valence-corrected chi connectivity index (χ2v) is 10.8. The topological polar surface area (TPSA) is 122 Å². The number of nitrogens with zero attached hydrogens (tertiary/aromatic N) is 7. The van der Waals surface area contributed by atoms with Crippen molar-refractivity contribution < 1.29 is 27.8 Å². The van der Waals surface area contributed by atoms with Crippen molar-refractivity contribution in [2.45, 2.75) is 70.3 Å². The Labute approximate surface area is 234 Å². The summed E-state index contributed by atoms with van der Waals surface area (Å²) in [6.45, 7) is 4.17. The fourth-order valence-electron chi connectivity index (χ4n) is 5.40. The number of aliphatic hydroxyl groups excluding tert-OH is 1. The third-order valence-electron chi connectivity index (χ3n) is 8.02. The van der Waals surface area contributed by atoms with E-state index in [-0.39, 0.29) is 42.3 Å². The number of hydrogen-bond acceptors (Lipinski definition) is 9. The van der Waals surface area contributed by atoms with Gasteiger partial charge in [0.1, 0.15) is 11.2 Å². The lowest BCUT2D eigenvalue weighted by atomic mass is 9.93. The Morgan fingerprint density at radius 3 is 2.66 bits per heavy atom. The summed E-state index contributed by atoms with van der Waals surface area (Å²) in [5.41, 5.74) is 0.319. The molecule has 3 aliphatic rings. The first-order chi connectivity index (χ1) is 19.5. The molecule has 0 unspecified atom stereocenters. The minimum absolute atomic E-state index is 0.0867. The van der Waals surface area contributed by atoms with Crippen LogP contribution in [0.2, 0.25) is 0 Å². The van der Waals surface area contributed by atoms with Gasteiger partial charge in [0.05, 0.1) is 17.9 Å². The number of likely N-dealkylation sites (N-methyl/N-ethyl adjacent to an activating group) is 1. The van der Waals surface area contributed by atoms with E-state index in [1.165, 1.54) is 4.68 Å². The number of ether oxygens (including phenoxy) is 1. The van der Waals surface area contributed by atoms with Crippen LogP contribution in [-0.4, -0.2) is 61.5 Å². The van der Waals surface area contributed by atoms with Crippen LogP contribution in [0.4, 0.5) is 30.6 Å². The molecule has 14 heteroatoms. The van der Waals surface area contributed by atoms with E-state index in [9.17, 15) is 23.1 Å². The first-order valence-corrected chi connectivity index (χ1v) is 13.7. The molecule has 5 heterocycles. The van der Waals surface area contributed by atoms with Crippen molar-refractivity contribution in [1.82, 2.24) is 24.7 Å². The maximum absolute atomic E-state index is 13.6. The van der Waals surface area contributed by atoms with Crippen molar-refractivity contribution in [2.24, 2.45) is 0 Å². The molecule has 1 atom stereocenters. The fraction of sp³-hybridized carbons (Fsp3) is 0.519. The van der Waals surface area contributed by atoms with Gasteiger partial charge in [0.2, 0.25) is 17.7 Å². The molecule has 1 aliphatic carbocycles. The first-order valence-electron chi connectivity index (χ1n) is 13.7. The van der Waals surface area contributed by atoms with Crippen molar-refractivity contribution in [1.29, 1.82) is 0 Å². The van der Waals surface area contributed by atoms with E-state index in [4.69, 9.17) is 4.74 Å². The minimum atomic E-state index is -4.56. The summed E-state index contributed by atoms with van der Waals surface area (Å²) in [5, 5.41) is 17.0. The number of halogens is 3. The molecule has 3 aromatic heterocycles. The number of anilines is 3. The molecule has 2 aliphatic heterocycles. The number of carbonyl (C=O) groups is 1. The minimum Gasteiger partial charge on any atom is -0.421 e. The van der Waals surface area contributed by atoms with Crippen LogP contribution in [0.15, 0.2) is 18.3 Å². The van der Waals surface area contributed by atoms with E-state index in [0.717, 1.165) is 17.7 Å². The molecule has 6 rings (SSSR count). The number of carbonyl (C=O) groups excluding carboxylic acids is 1. The predicted octanol–water partition coefficient (Wildman–Crippen LogP) is 3.87. The highest BCUT2D eigenvalue weighted by Crippen LogP contribution is 2.50. The molecule has 3 aromatic rings. The summed E-state index contributed by atoms with van der Waals surface area (Å²) in [7, 11) is 1.74. The lowest BCUT2D eigenvalue weighted by molar-refractivity contribution is -0.142. The quantitative estimate of drug-likeness (QED) is 0.414. The highest BCUT2D eigenvalue weighted by atomic mass is 19.4. The zero-order valence-electron chi connectivity index (χ0n) is 23.0. The van der Waals surface area contributed by atoms with Gasteiger partial charge in [-0.1, -0.05) is 6.07 Å². The van der Waals surface area contributed by atoms with Crippen LogP contribution in [-0.2, 0) is 30.5 Å². The van der Waals surface area contributed by atoms with Crippen LogP contribution >= 0.6 is 0 Å². The van der Waals surface area contributed by atoms with Crippen LogP contribution in [0.1, 0.15) is 61.5 Å². The number of aliphatic hydroxyl groups is 1. The highest BCUT2D eigenvalue weighted by molar-refractivity contribution is 6.08. The van der Waals surface area contributed by atoms with Crippen LogP contribution in [0.5, 0.6) is 11.8 Å². The summed E-state index contributed by atoms with van der Waals surface area (Å²) < 4.78 is 48.0. The van der Waals surface area contributed by atoms with Crippen molar-refractivity contribution in [3.05, 3.63) is 40.8 Å². The van der Waals surface area contributed by atoms with Gasteiger partial charge in [-0.25, -0.2) is 14.6 Å². The summed E-state index contributed by atoms with van der Waals surface area (Å²) >= 11 is 0. The van der Waals surface area contributed by atoms with Gasteiger partial charge < -0.3 is 25.0 Å². The maximum atomic E-state index is 13.6. The van der Waals surface area contributed by atoms with E-state index in [1.807, 2.05) is 0 Å². The number of hydrogen-bond donors (Lipinski definition) is 2. The number of rotatable bonds is 8. The van der Waals surface area contributed by atoms with Crippen LogP contribution in [0.25, 0.3) is 0 Å². The third kappa shape index (κ3) is 4.63. The summed E-state index contributed by atoms with van der Waals surface area (Å²) in [6.07, 6.45) is -0.182. The van der Waals surface area contributed by atoms with Crippen LogP contribution < -0.4 is 19.9 Å². The SMILES string of the molecule is CCn1nc(C(F)(F)F)c(C2CC2)c1Oc1ccc(CNc2nc3c4c(n2)N(C)[C@@](C)(CO)C(=O)N4CCC3)cn1. The molecular formula is C27H31F3N8O3. The molecule has 1 saturated carbocycles. The molecule has 1 amide bonds. The highest BCUT2D eigenvalue weighted by Gasteiger charge is 2.49. The lowest BCUT2D eigenvalue weighted by Crippen LogP contribution is -2.64. The summed E-state index contributed by atoms with van der Waals surface area (Å²) in [6, 6.07) is 3.37. The van der Waals surface area contributed by atoms with Crippen LogP contribution in [0, 0.1) is 0 Å². The average Bonchev–Trinajstić information content (AvgIpc) is 3.74. The second kappa shape index (κ2) is 9.86. The van der Waals surface area contributed by atoms with Gasteiger partial charge in [0.15, 0.2) is 11.5 Å². The monoisotopic (exact) mass is 572 g/mol. The molecule has 2 N–H and O–H groups in total. The summed E-state index contributed by atoms with van der Waals surface area (Å²) in [4.78, 5) is 30.2. The number of pyridine rings is 1. The first kappa shape index (κ1) is 27.2. The van der Waals surface area contributed by atoms with Gasteiger partial charge in [-0.2, -0.15) is 23.3 Å². The van der Waals surface area contributed by atoms with Crippen molar-refractivity contribution in [3.8, 4) is 11.8 Å². The van der Waals surface area contributed by atoms with Gasteiger partial charge in [0, 0.05) is 38.9 Å².